The molecule has 3 heteroatoms. The molecule has 1 aliphatic rings. The zero-order valence-electron chi connectivity index (χ0n) is 11.2. The Labute approximate surface area is 118 Å². The number of carbonyl (C=O) groups excluding carboxylic acids is 1. The standard InChI is InChI=1S/C15H20OS2/c1-4-13-15(18-6-5-17-13)14(16)12-8-10(2)7-11(3)9-12/h7-9,13,15H,4-6H2,1-3H3. The van der Waals surface area contributed by atoms with Crippen molar-refractivity contribution < 1.29 is 4.79 Å². The summed E-state index contributed by atoms with van der Waals surface area (Å²) < 4.78 is 0. The predicted molar refractivity (Wildman–Crippen MR) is 83.0 cm³/mol. The molecule has 0 aromatic heterocycles. The summed E-state index contributed by atoms with van der Waals surface area (Å²) in [5.41, 5.74) is 3.26. The minimum atomic E-state index is 0.148. The Morgan fingerprint density at radius 3 is 2.39 bits per heavy atom. The summed E-state index contributed by atoms with van der Waals surface area (Å²) in [5, 5.41) is 0.631. The second kappa shape index (κ2) is 6.16. The molecule has 1 nitrogen and oxygen atoms in total. The second-order valence-electron chi connectivity index (χ2n) is 4.85. The van der Waals surface area contributed by atoms with Gasteiger partial charge in [0.2, 0.25) is 0 Å². The van der Waals surface area contributed by atoms with Crippen LogP contribution in [0.4, 0.5) is 0 Å². The number of hydrogen-bond donors (Lipinski definition) is 0. The van der Waals surface area contributed by atoms with E-state index in [2.05, 4.69) is 26.8 Å². The third-order valence-corrected chi connectivity index (χ3v) is 6.46. The van der Waals surface area contributed by atoms with Crippen molar-refractivity contribution in [1.29, 1.82) is 0 Å². The molecule has 0 saturated carbocycles. The van der Waals surface area contributed by atoms with Crippen LogP contribution < -0.4 is 0 Å². The van der Waals surface area contributed by atoms with Crippen LogP contribution in [0.5, 0.6) is 0 Å². The highest BCUT2D eigenvalue weighted by atomic mass is 32.2. The fourth-order valence-corrected chi connectivity index (χ4v) is 5.45. The van der Waals surface area contributed by atoms with Crippen molar-refractivity contribution in [3.05, 3.63) is 34.9 Å². The molecule has 0 spiro atoms. The van der Waals surface area contributed by atoms with Crippen LogP contribution in [0.3, 0.4) is 0 Å². The van der Waals surface area contributed by atoms with E-state index in [4.69, 9.17) is 0 Å². The fourth-order valence-electron chi connectivity index (χ4n) is 2.43. The maximum absolute atomic E-state index is 12.6. The van der Waals surface area contributed by atoms with E-state index >= 15 is 0 Å². The van der Waals surface area contributed by atoms with Crippen molar-refractivity contribution in [3.8, 4) is 0 Å². The maximum Gasteiger partial charge on any atom is 0.176 e. The first kappa shape index (κ1) is 14.0. The third kappa shape index (κ3) is 3.12. The van der Waals surface area contributed by atoms with Crippen LogP contribution in [0.2, 0.25) is 0 Å². The molecule has 98 valence electrons. The molecule has 1 saturated heterocycles. The van der Waals surface area contributed by atoms with Crippen molar-refractivity contribution in [1.82, 2.24) is 0 Å². The molecule has 1 fully saturated rings. The van der Waals surface area contributed by atoms with Crippen LogP contribution in [0.15, 0.2) is 18.2 Å². The molecule has 1 heterocycles. The normalized spacial score (nSPS) is 23.9. The Morgan fingerprint density at radius 1 is 1.17 bits per heavy atom. The van der Waals surface area contributed by atoms with Crippen molar-refractivity contribution in [3.63, 3.8) is 0 Å². The van der Waals surface area contributed by atoms with Gasteiger partial charge in [0.25, 0.3) is 0 Å². The Balaban J connectivity index is 2.23. The van der Waals surface area contributed by atoms with Crippen molar-refractivity contribution >= 4 is 29.3 Å². The van der Waals surface area contributed by atoms with Crippen LogP contribution in [0.25, 0.3) is 0 Å². The van der Waals surface area contributed by atoms with Gasteiger partial charge in [-0.25, -0.2) is 0 Å². The van der Waals surface area contributed by atoms with Gasteiger partial charge in [-0.15, -0.1) is 11.8 Å². The molecule has 0 N–H and O–H groups in total. The third-order valence-electron chi connectivity index (χ3n) is 3.22. The molecule has 18 heavy (non-hydrogen) atoms. The first-order valence-corrected chi connectivity index (χ1v) is 8.57. The van der Waals surface area contributed by atoms with Gasteiger partial charge in [-0.2, -0.15) is 11.8 Å². The number of carbonyl (C=O) groups is 1. The maximum atomic E-state index is 12.6. The molecular weight excluding hydrogens is 260 g/mol. The Kier molecular flexibility index (Phi) is 4.79. The van der Waals surface area contributed by atoms with E-state index in [-0.39, 0.29) is 5.25 Å². The van der Waals surface area contributed by atoms with Gasteiger partial charge in [0.1, 0.15) is 0 Å². The second-order valence-corrected chi connectivity index (χ2v) is 7.45. The number of hydrogen-bond acceptors (Lipinski definition) is 3. The number of ketones is 1. The molecule has 2 rings (SSSR count). The van der Waals surface area contributed by atoms with E-state index in [9.17, 15) is 4.79 Å². The minimum Gasteiger partial charge on any atom is -0.293 e. The number of aryl methyl sites for hydroxylation is 2. The van der Waals surface area contributed by atoms with Crippen LogP contribution in [0.1, 0.15) is 34.8 Å². The SMILES string of the molecule is CCC1SCCSC1C(=O)c1cc(C)cc(C)c1. The van der Waals surface area contributed by atoms with Gasteiger partial charge in [0.15, 0.2) is 5.78 Å². The summed E-state index contributed by atoms with van der Waals surface area (Å²) in [5.74, 6) is 2.60. The molecule has 0 aliphatic carbocycles. The average Bonchev–Trinajstić information content (AvgIpc) is 2.36. The highest BCUT2D eigenvalue weighted by Crippen LogP contribution is 2.35. The average molecular weight is 280 g/mol. The number of Topliss-reactive ketones (excluding diaryl/α,β-unsaturated/α-hetero) is 1. The quantitative estimate of drug-likeness (QED) is 0.776. The Bertz CT molecular complexity index is 422. The largest absolute Gasteiger partial charge is 0.293 e. The lowest BCUT2D eigenvalue weighted by Crippen LogP contribution is -2.32. The number of benzene rings is 1. The summed E-state index contributed by atoms with van der Waals surface area (Å²) in [7, 11) is 0. The Hall–Kier alpha value is -0.410. The number of rotatable bonds is 3. The summed E-state index contributed by atoms with van der Waals surface area (Å²) in [6.07, 6.45) is 1.08. The van der Waals surface area contributed by atoms with Crippen molar-refractivity contribution in [2.45, 2.75) is 37.7 Å². The van der Waals surface area contributed by atoms with Crippen LogP contribution in [0, 0.1) is 13.8 Å². The number of thioether (sulfide) groups is 2. The molecule has 0 radical (unpaired) electrons. The summed E-state index contributed by atoms with van der Waals surface area (Å²) >= 11 is 3.80. The van der Waals surface area contributed by atoms with Gasteiger partial charge in [-0.1, -0.05) is 24.1 Å². The van der Waals surface area contributed by atoms with Gasteiger partial charge < -0.3 is 0 Å². The first-order chi connectivity index (χ1) is 8.61. The lowest BCUT2D eigenvalue weighted by atomic mass is 10.0. The predicted octanol–water partition coefficient (Wildman–Crippen LogP) is 4.11. The molecule has 0 amide bonds. The fraction of sp³-hybridized carbons (Fsp3) is 0.533. The molecule has 1 aromatic carbocycles. The monoisotopic (exact) mass is 280 g/mol. The highest BCUT2D eigenvalue weighted by molar-refractivity contribution is 8.07. The van der Waals surface area contributed by atoms with E-state index < -0.39 is 0 Å². The Morgan fingerprint density at radius 2 is 1.78 bits per heavy atom. The van der Waals surface area contributed by atoms with E-state index in [1.165, 1.54) is 16.9 Å². The zero-order chi connectivity index (χ0) is 13.1. The van der Waals surface area contributed by atoms with Crippen LogP contribution in [-0.2, 0) is 0 Å². The van der Waals surface area contributed by atoms with Crippen molar-refractivity contribution in [2.24, 2.45) is 0 Å². The van der Waals surface area contributed by atoms with E-state index in [1.54, 1.807) is 0 Å². The van der Waals surface area contributed by atoms with E-state index in [0.29, 0.717) is 11.0 Å². The summed E-state index contributed by atoms with van der Waals surface area (Å²) in [6.45, 7) is 6.30. The molecule has 1 aromatic rings. The summed E-state index contributed by atoms with van der Waals surface area (Å²) in [4.78, 5) is 12.6. The van der Waals surface area contributed by atoms with Crippen molar-refractivity contribution in [2.75, 3.05) is 11.5 Å². The van der Waals surface area contributed by atoms with E-state index in [1.807, 2.05) is 35.7 Å². The highest BCUT2D eigenvalue weighted by Gasteiger charge is 2.31. The lowest BCUT2D eigenvalue weighted by molar-refractivity contribution is 0.0987. The topological polar surface area (TPSA) is 17.1 Å². The molecule has 2 atom stereocenters. The van der Waals surface area contributed by atoms with Crippen LogP contribution >= 0.6 is 23.5 Å². The first-order valence-electron chi connectivity index (χ1n) is 6.47. The lowest BCUT2D eigenvalue weighted by Gasteiger charge is -2.28. The van der Waals surface area contributed by atoms with E-state index in [0.717, 1.165) is 17.7 Å². The summed E-state index contributed by atoms with van der Waals surface area (Å²) in [6, 6.07) is 6.18. The van der Waals surface area contributed by atoms with Gasteiger partial charge in [-0.3, -0.25) is 4.79 Å². The van der Waals surface area contributed by atoms with Gasteiger partial charge >= 0.3 is 0 Å². The zero-order valence-corrected chi connectivity index (χ0v) is 12.9. The molecular formula is C15H20OS2. The molecule has 0 bridgehead atoms. The minimum absolute atomic E-state index is 0.148. The van der Waals surface area contributed by atoms with Gasteiger partial charge in [-0.05, 0) is 32.4 Å². The van der Waals surface area contributed by atoms with Gasteiger partial charge in [0.05, 0.1) is 5.25 Å². The molecule has 1 aliphatic heterocycles. The van der Waals surface area contributed by atoms with Crippen LogP contribution in [-0.4, -0.2) is 27.8 Å². The van der Waals surface area contributed by atoms with Gasteiger partial charge in [0, 0.05) is 22.3 Å². The molecule has 2 unspecified atom stereocenters. The smallest absolute Gasteiger partial charge is 0.176 e.